The van der Waals surface area contributed by atoms with Crippen LogP contribution in [0.1, 0.15) is 32.6 Å². The van der Waals surface area contributed by atoms with Gasteiger partial charge in [-0.05, 0) is 38.0 Å². The van der Waals surface area contributed by atoms with E-state index in [0.717, 1.165) is 38.8 Å². The summed E-state index contributed by atoms with van der Waals surface area (Å²) in [4.78, 5) is 27.6. The van der Waals surface area contributed by atoms with Crippen LogP contribution in [-0.2, 0) is 26.0 Å². The van der Waals surface area contributed by atoms with E-state index >= 15 is 0 Å². The molecule has 0 bridgehead atoms. The second kappa shape index (κ2) is 10.9. The van der Waals surface area contributed by atoms with Crippen LogP contribution in [0.5, 0.6) is 5.75 Å². The molecule has 2 amide bonds. The Kier molecular flexibility index (Phi) is 7.75. The molecule has 1 aliphatic heterocycles. The zero-order valence-corrected chi connectivity index (χ0v) is 20.7. The van der Waals surface area contributed by atoms with Crippen molar-refractivity contribution in [2.45, 2.75) is 44.0 Å². The number of para-hydroxylation sites is 3. The number of nitrogens with zero attached hydrogens (tertiary/aromatic N) is 2. The molecule has 9 heteroatoms. The molecule has 4 rings (SSSR count). The van der Waals surface area contributed by atoms with Gasteiger partial charge in [-0.1, -0.05) is 43.2 Å². The first-order valence-corrected chi connectivity index (χ1v) is 13.6. The second-order valence-electron chi connectivity index (χ2n) is 8.67. The molecule has 0 unspecified atom stereocenters. The number of benzene rings is 2. The van der Waals surface area contributed by atoms with E-state index in [-0.39, 0.29) is 17.3 Å². The molecule has 8 nitrogen and oxygen atoms in total. The molecule has 1 saturated heterocycles. The summed E-state index contributed by atoms with van der Waals surface area (Å²) in [7, 11) is -3.98. The molecule has 0 atom stereocenters. The lowest BCUT2D eigenvalue weighted by Gasteiger charge is -2.20. The van der Waals surface area contributed by atoms with Crippen molar-refractivity contribution in [3.05, 3.63) is 54.7 Å². The Morgan fingerprint density at radius 2 is 1.66 bits per heavy atom. The number of hydrogen-bond acceptors (Lipinski definition) is 5. The molecule has 0 spiro atoms. The highest BCUT2D eigenvalue weighted by Crippen LogP contribution is 2.28. The van der Waals surface area contributed by atoms with E-state index < -0.39 is 21.5 Å². The van der Waals surface area contributed by atoms with Gasteiger partial charge in [0.15, 0.2) is 9.84 Å². The van der Waals surface area contributed by atoms with Crippen molar-refractivity contribution >= 4 is 38.2 Å². The third kappa shape index (κ3) is 5.85. The van der Waals surface area contributed by atoms with Crippen LogP contribution >= 0.6 is 0 Å². The Morgan fingerprint density at radius 1 is 0.971 bits per heavy atom. The topological polar surface area (TPSA) is 97.7 Å². The quantitative estimate of drug-likeness (QED) is 0.510. The fourth-order valence-corrected chi connectivity index (χ4v) is 5.81. The number of carbonyl (C=O) groups excluding carboxylic acids is 2. The number of ether oxygens (including phenoxy) is 1. The van der Waals surface area contributed by atoms with Gasteiger partial charge < -0.3 is 19.5 Å². The fraction of sp³-hybridized carbons (Fsp3) is 0.385. The van der Waals surface area contributed by atoms with Gasteiger partial charge in [0, 0.05) is 30.2 Å². The smallest absolute Gasteiger partial charge is 0.242 e. The van der Waals surface area contributed by atoms with Crippen LogP contribution < -0.4 is 10.1 Å². The van der Waals surface area contributed by atoms with Gasteiger partial charge in [-0.2, -0.15) is 0 Å². The van der Waals surface area contributed by atoms with Gasteiger partial charge in [0.1, 0.15) is 18.0 Å². The first-order valence-electron chi connectivity index (χ1n) is 12.0. The molecule has 1 aliphatic rings. The van der Waals surface area contributed by atoms with Crippen molar-refractivity contribution in [3.63, 3.8) is 0 Å². The van der Waals surface area contributed by atoms with Gasteiger partial charge >= 0.3 is 0 Å². The Hall–Kier alpha value is -3.33. The fourth-order valence-electron chi connectivity index (χ4n) is 4.45. The molecule has 0 aliphatic carbocycles. The van der Waals surface area contributed by atoms with Crippen LogP contribution in [0.3, 0.4) is 0 Å². The number of amides is 2. The number of nitrogens with one attached hydrogen (secondary N) is 1. The standard InChI is InChI=1S/C26H31N3O5S/c1-2-34-23-14-8-6-12-21(23)27-25(30)19-35(32,33)24-17-29(22-13-7-5-11-20(22)24)18-26(31)28-15-9-3-4-10-16-28/h5-8,11-14,17H,2-4,9-10,15-16,18-19H2,1H3,(H,27,30). The summed E-state index contributed by atoms with van der Waals surface area (Å²) < 4.78 is 33.8. The maximum atomic E-state index is 13.3. The summed E-state index contributed by atoms with van der Waals surface area (Å²) >= 11 is 0. The van der Waals surface area contributed by atoms with Gasteiger partial charge in [0.2, 0.25) is 11.8 Å². The predicted molar refractivity (Wildman–Crippen MR) is 135 cm³/mol. The number of aromatic nitrogens is 1. The third-order valence-electron chi connectivity index (χ3n) is 6.13. The van der Waals surface area contributed by atoms with Crippen molar-refractivity contribution in [1.29, 1.82) is 0 Å². The van der Waals surface area contributed by atoms with E-state index in [2.05, 4.69) is 5.32 Å². The summed E-state index contributed by atoms with van der Waals surface area (Å²) in [5.41, 5.74) is 1.07. The van der Waals surface area contributed by atoms with E-state index in [1.165, 1.54) is 6.20 Å². The number of sulfone groups is 1. The lowest BCUT2D eigenvalue weighted by Crippen LogP contribution is -2.34. The van der Waals surface area contributed by atoms with Gasteiger partial charge in [0.05, 0.1) is 17.2 Å². The Morgan fingerprint density at radius 3 is 2.40 bits per heavy atom. The van der Waals surface area contributed by atoms with Crippen molar-refractivity contribution in [1.82, 2.24) is 9.47 Å². The summed E-state index contributed by atoms with van der Waals surface area (Å²) in [5.74, 6) is -0.928. The molecule has 2 aromatic carbocycles. The van der Waals surface area contributed by atoms with Gasteiger partial charge in [0.25, 0.3) is 0 Å². The number of anilines is 1. The van der Waals surface area contributed by atoms with E-state index in [9.17, 15) is 18.0 Å². The monoisotopic (exact) mass is 497 g/mol. The Labute approximate surface area is 205 Å². The summed E-state index contributed by atoms with van der Waals surface area (Å²) in [6.07, 6.45) is 5.70. The van der Waals surface area contributed by atoms with Gasteiger partial charge in [-0.15, -0.1) is 0 Å². The molecule has 0 saturated carbocycles. The second-order valence-corrected chi connectivity index (χ2v) is 10.6. The van der Waals surface area contributed by atoms with Gasteiger partial charge in [-0.3, -0.25) is 9.59 Å². The molecule has 1 aromatic heterocycles. The first-order chi connectivity index (χ1) is 16.9. The number of hydrogen-bond donors (Lipinski definition) is 1. The largest absolute Gasteiger partial charge is 0.492 e. The maximum Gasteiger partial charge on any atom is 0.242 e. The minimum atomic E-state index is -3.98. The van der Waals surface area contributed by atoms with Crippen LogP contribution in [-0.4, -0.2) is 55.1 Å². The van der Waals surface area contributed by atoms with Crippen LogP contribution in [0.25, 0.3) is 10.9 Å². The minimum Gasteiger partial charge on any atom is -0.492 e. The van der Waals surface area contributed by atoms with Crippen molar-refractivity contribution in [2.75, 3.05) is 30.8 Å². The molecule has 2 heterocycles. The molecular weight excluding hydrogens is 466 g/mol. The molecular formula is C26H31N3O5S. The normalized spacial score (nSPS) is 14.5. The van der Waals surface area contributed by atoms with Gasteiger partial charge in [-0.25, -0.2) is 8.42 Å². The van der Waals surface area contributed by atoms with Crippen molar-refractivity contribution < 1.29 is 22.7 Å². The molecule has 3 aromatic rings. The summed E-state index contributed by atoms with van der Waals surface area (Å²) in [5, 5.41) is 3.15. The number of fused-ring (bicyclic) bond motifs is 1. The lowest BCUT2D eigenvalue weighted by atomic mass is 10.2. The van der Waals surface area contributed by atoms with E-state index in [4.69, 9.17) is 4.74 Å². The highest BCUT2D eigenvalue weighted by atomic mass is 32.2. The van der Waals surface area contributed by atoms with Crippen LogP contribution in [0.2, 0.25) is 0 Å². The predicted octanol–water partition coefficient (Wildman–Crippen LogP) is 3.86. The molecule has 1 N–H and O–H groups in total. The summed E-state index contributed by atoms with van der Waals surface area (Å²) in [6.45, 7) is 3.76. The van der Waals surface area contributed by atoms with Crippen LogP contribution in [0, 0.1) is 0 Å². The highest BCUT2D eigenvalue weighted by molar-refractivity contribution is 7.92. The minimum absolute atomic E-state index is 0.0260. The van der Waals surface area contributed by atoms with E-state index in [0.29, 0.717) is 28.9 Å². The Bertz CT molecular complexity index is 1310. The average Bonchev–Trinajstić information content (AvgIpc) is 3.00. The van der Waals surface area contributed by atoms with Crippen LogP contribution in [0.4, 0.5) is 5.69 Å². The zero-order chi connectivity index (χ0) is 24.8. The van der Waals surface area contributed by atoms with Crippen molar-refractivity contribution in [3.8, 4) is 5.75 Å². The van der Waals surface area contributed by atoms with Crippen LogP contribution in [0.15, 0.2) is 59.6 Å². The Balaban J connectivity index is 1.56. The SMILES string of the molecule is CCOc1ccccc1NC(=O)CS(=O)(=O)c1cn(CC(=O)N2CCCCCC2)c2ccccc12. The third-order valence-corrected chi connectivity index (χ3v) is 7.77. The van der Waals surface area contributed by atoms with E-state index in [1.807, 2.05) is 17.9 Å². The lowest BCUT2D eigenvalue weighted by molar-refractivity contribution is -0.131. The number of likely N-dealkylation sites (tertiary alicyclic amines) is 1. The maximum absolute atomic E-state index is 13.3. The average molecular weight is 498 g/mol. The summed E-state index contributed by atoms with van der Waals surface area (Å²) in [6, 6.07) is 13.9. The van der Waals surface area contributed by atoms with E-state index in [1.54, 1.807) is 47.0 Å². The van der Waals surface area contributed by atoms with Crippen molar-refractivity contribution in [2.24, 2.45) is 0 Å². The molecule has 0 radical (unpaired) electrons. The zero-order valence-electron chi connectivity index (χ0n) is 19.9. The molecule has 35 heavy (non-hydrogen) atoms. The molecule has 1 fully saturated rings. The molecule has 186 valence electrons. The first kappa shape index (κ1) is 24.8. The number of carbonyl (C=O) groups is 2. The highest BCUT2D eigenvalue weighted by Gasteiger charge is 2.26. The number of rotatable bonds is 8.